The van der Waals surface area contributed by atoms with Gasteiger partial charge < -0.3 is 14.1 Å². The quantitative estimate of drug-likeness (QED) is 0.533. The van der Waals surface area contributed by atoms with E-state index in [4.69, 9.17) is 9.15 Å². The Hall–Kier alpha value is -3.15. The molecule has 2 aromatic carbocycles. The number of carbonyl (C=O) groups excluding carboxylic acids is 2. The SMILES string of the molecule is O=C(CCc1nc2ccccc2o1)OCC(=O)N(c1ccccc1)C1CCCCC1. The van der Waals surface area contributed by atoms with E-state index in [1.807, 2.05) is 59.5 Å². The molecule has 1 amide bonds. The molecule has 0 spiro atoms. The Bertz CT molecular complexity index is 960. The van der Waals surface area contributed by atoms with Gasteiger partial charge in [0.1, 0.15) is 5.52 Å². The zero-order valence-electron chi connectivity index (χ0n) is 17.0. The van der Waals surface area contributed by atoms with Gasteiger partial charge in [-0.2, -0.15) is 0 Å². The fourth-order valence-electron chi connectivity index (χ4n) is 4.01. The van der Waals surface area contributed by atoms with Gasteiger partial charge in [0.2, 0.25) is 0 Å². The first-order valence-corrected chi connectivity index (χ1v) is 10.6. The number of ether oxygens (including phenoxy) is 1. The standard InChI is InChI=1S/C24H26N2O4/c27-23(26(18-9-3-1-4-10-18)19-11-5-2-6-12-19)17-29-24(28)16-15-22-25-20-13-7-8-14-21(20)30-22/h1,3-4,7-10,13-14,19H,2,5-6,11-12,15-17H2. The van der Waals surface area contributed by atoms with Gasteiger partial charge in [-0.1, -0.05) is 49.6 Å². The summed E-state index contributed by atoms with van der Waals surface area (Å²) >= 11 is 0. The van der Waals surface area contributed by atoms with Crippen molar-refractivity contribution in [2.75, 3.05) is 11.5 Å². The summed E-state index contributed by atoms with van der Waals surface area (Å²) in [6.45, 7) is -0.252. The van der Waals surface area contributed by atoms with Gasteiger partial charge in [0, 0.05) is 18.2 Å². The number of rotatable bonds is 7. The van der Waals surface area contributed by atoms with Gasteiger partial charge in [0.15, 0.2) is 18.1 Å². The number of aryl methyl sites for hydroxylation is 1. The molecule has 1 saturated carbocycles. The third kappa shape index (κ3) is 4.87. The van der Waals surface area contributed by atoms with Crippen molar-refractivity contribution in [3.63, 3.8) is 0 Å². The van der Waals surface area contributed by atoms with E-state index >= 15 is 0 Å². The van der Waals surface area contributed by atoms with E-state index in [-0.39, 0.29) is 25.0 Å². The van der Waals surface area contributed by atoms with Gasteiger partial charge in [-0.25, -0.2) is 4.98 Å². The molecule has 30 heavy (non-hydrogen) atoms. The smallest absolute Gasteiger partial charge is 0.306 e. The maximum absolute atomic E-state index is 13.0. The van der Waals surface area contributed by atoms with Crippen molar-refractivity contribution >= 4 is 28.7 Å². The average Bonchev–Trinajstić information content (AvgIpc) is 3.21. The fraction of sp³-hybridized carbons (Fsp3) is 0.375. The number of fused-ring (bicyclic) bond motifs is 1. The Morgan fingerprint density at radius 1 is 1.00 bits per heavy atom. The van der Waals surface area contributed by atoms with Crippen LogP contribution in [-0.4, -0.2) is 29.5 Å². The molecule has 1 aliphatic rings. The highest BCUT2D eigenvalue weighted by Crippen LogP contribution is 2.27. The fourth-order valence-corrected chi connectivity index (χ4v) is 4.01. The first kappa shape index (κ1) is 20.1. The van der Waals surface area contributed by atoms with Gasteiger partial charge in [0.25, 0.3) is 5.91 Å². The van der Waals surface area contributed by atoms with Crippen LogP contribution in [-0.2, 0) is 20.7 Å². The Kier molecular flexibility index (Phi) is 6.42. The van der Waals surface area contributed by atoms with Crippen LogP contribution >= 0.6 is 0 Å². The monoisotopic (exact) mass is 406 g/mol. The van der Waals surface area contributed by atoms with Crippen molar-refractivity contribution in [1.29, 1.82) is 0 Å². The van der Waals surface area contributed by atoms with E-state index in [9.17, 15) is 9.59 Å². The highest BCUT2D eigenvalue weighted by molar-refractivity contribution is 5.95. The van der Waals surface area contributed by atoms with Gasteiger partial charge in [-0.05, 0) is 37.1 Å². The lowest BCUT2D eigenvalue weighted by molar-refractivity contribution is -0.148. The summed E-state index contributed by atoms with van der Waals surface area (Å²) in [6, 6.07) is 17.3. The van der Waals surface area contributed by atoms with Crippen molar-refractivity contribution in [2.24, 2.45) is 0 Å². The second-order valence-corrected chi connectivity index (χ2v) is 7.63. The Morgan fingerprint density at radius 3 is 2.50 bits per heavy atom. The number of hydrogen-bond donors (Lipinski definition) is 0. The molecular formula is C24H26N2O4. The molecule has 1 heterocycles. The van der Waals surface area contributed by atoms with E-state index in [1.165, 1.54) is 6.42 Å². The molecule has 1 aliphatic carbocycles. The molecule has 156 valence electrons. The minimum Gasteiger partial charge on any atom is -0.456 e. The molecule has 0 saturated heterocycles. The molecule has 1 fully saturated rings. The summed E-state index contributed by atoms with van der Waals surface area (Å²) in [5.74, 6) is -0.113. The third-order valence-corrected chi connectivity index (χ3v) is 5.48. The van der Waals surface area contributed by atoms with Crippen molar-refractivity contribution < 1.29 is 18.7 Å². The maximum atomic E-state index is 13.0. The number of esters is 1. The molecule has 0 atom stereocenters. The number of aromatic nitrogens is 1. The van der Waals surface area contributed by atoms with Crippen LogP contribution in [0.25, 0.3) is 11.1 Å². The second-order valence-electron chi connectivity index (χ2n) is 7.63. The number of amides is 1. The number of para-hydroxylation sites is 3. The number of anilines is 1. The number of carbonyl (C=O) groups is 2. The number of benzene rings is 2. The summed E-state index contributed by atoms with van der Waals surface area (Å²) in [4.78, 5) is 31.3. The van der Waals surface area contributed by atoms with E-state index in [0.717, 1.165) is 36.9 Å². The number of nitrogens with zero attached hydrogens (tertiary/aromatic N) is 2. The van der Waals surface area contributed by atoms with Gasteiger partial charge >= 0.3 is 5.97 Å². The van der Waals surface area contributed by atoms with Crippen LogP contribution in [0.2, 0.25) is 0 Å². The van der Waals surface area contributed by atoms with E-state index in [2.05, 4.69) is 4.98 Å². The highest BCUT2D eigenvalue weighted by atomic mass is 16.5. The summed E-state index contributed by atoms with van der Waals surface area (Å²) < 4.78 is 10.9. The van der Waals surface area contributed by atoms with Gasteiger partial charge in [-0.15, -0.1) is 0 Å². The molecule has 1 aromatic heterocycles. The lowest BCUT2D eigenvalue weighted by atomic mass is 9.93. The van der Waals surface area contributed by atoms with Crippen LogP contribution in [0.1, 0.15) is 44.4 Å². The molecule has 0 bridgehead atoms. The highest BCUT2D eigenvalue weighted by Gasteiger charge is 2.27. The normalized spacial score (nSPS) is 14.5. The van der Waals surface area contributed by atoms with Crippen LogP contribution in [0.4, 0.5) is 5.69 Å². The minimum atomic E-state index is -0.428. The zero-order chi connectivity index (χ0) is 20.8. The zero-order valence-corrected chi connectivity index (χ0v) is 17.0. The molecule has 6 nitrogen and oxygen atoms in total. The van der Waals surface area contributed by atoms with Gasteiger partial charge in [0.05, 0.1) is 6.42 Å². The van der Waals surface area contributed by atoms with Crippen LogP contribution in [0.3, 0.4) is 0 Å². The molecule has 0 aliphatic heterocycles. The van der Waals surface area contributed by atoms with Gasteiger partial charge in [-0.3, -0.25) is 9.59 Å². The topological polar surface area (TPSA) is 72.6 Å². The maximum Gasteiger partial charge on any atom is 0.306 e. The third-order valence-electron chi connectivity index (χ3n) is 5.48. The van der Waals surface area contributed by atoms with E-state index in [1.54, 1.807) is 0 Å². The molecule has 0 radical (unpaired) electrons. The molecule has 6 heteroatoms. The second kappa shape index (κ2) is 9.57. The molecule has 0 N–H and O–H groups in total. The van der Waals surface area contributed by atoms with Crippen LogP contribution < -0.4 is 4.90 Å². The van der Waals surface area contributed by atoms with Crippen LogP contribution in [0.5, 0.6) is 0 Å². The summed E-state index contributed by atoms with van der Waals surface area (Å²) in [6.07, 6.45) is 5.86. The van der Waals surface area contributed by atoms with Crippen molar-refractivity contribution in [2.45, 2.75) is 51.0 Å². The van der Waals surface area contributed by atoms with Crippen LogP contribution in [0.15, 0.2) is 59.0 Å². The van der Waals surface area contributed by atoms with Crippen LogP contribution in [0, 0.1) is 0 Å². The summed E-state index contributed by atoms with van der Waals surface area (Å²) in [7, 11) is 0. The Morgan fingerprint density at radius 2 is 1.73 bits per heavy atom. The lowest BCUT2D eigenvalue weighted by Gasteiger charge is -2.34. The number of oxazole rings is 1. The average molecular weight is 406 g/mol. The molecule has 0 unspecified atom stereocenters. The predicted molar refractivity (Wildman–Crippen MR) is 114 cm³/mol. The first-order valence-electron chi connectivity index (χ1n) is 10.6. The molecule has 4 rings (SSSR count). The molecular weight excluding hydrogens is 380 g/mol. The van der Waals surface area contributed by atoms with E-state index < -0.39 is 5.97 Å². The summed E-state index contributed by atoms with van der Waals surface area (Å²) in [5, 5.41) is 0. The number of hydrogen-bond acceptors (Lipinski definition) is 5. The Labute approximate surface area is 175 Å². The largest absolute Gasteiger partial charge is 0.456 e. The lowest BCUT2D eigenvalue weighted by Crippen LogP contribution is -2.43. The van der Waals surface area contributed by atoms with Crippen molar-refractivity contribution in [1.82, 2.24) is 4.98 Å². The van der Waals surface area contributed by atoms with Crippen molar-refractivity contribution in [3.8, 4) is 0 Å². The van der Waals surface area contributed by atoms with E-state index in [0.29, 0.717) is 17.9 Å². The first-order chi connectivity index (χ1) is 14.7. The van der Waals surface area contributed by atoms with Crippen molar-refractivity contribution in [3.05, 3.63) is 60.5 Å². The Balaban J connectivity index is 1.33. The minimum absolute atomic E-state index is 0.120. The predicted octanol–water partition coefficient (Wildman–Crippen LogP) is 4.67. The summed E-state index contributed by atoms with van der Waals surface area (Å²) in [5.41, 5.74) is 2.32. The molecule has 3 aromatic rings.